The lowest BCUT2D eigenvalue weighted by Gasteiger charge is -2.07. The van der Waals surface area contributed by atoms with E-state index < -0.39 is 12.5 Å². The molecule has 7 heteroatoms. The summed E-state index contributed by atoms with van der Waals surface area (Å²) in [6, 6.07) is 13.4. The van der Waals surface area contributed by atoms with Gasteiger partial charge in [0, 0.05) is 5.56 Å². The topological polar surface area (TPSA) is 59.9 Å². The molecule has 0 atom stereocenters. The van der Waals surface area contributed by atoms with Gasteiger partial charge in [-0.25, -0.2) is 5.43 Å². The van der Waals surface area contributed by atoms with Gasteiger partial charge in [0.1, 0.15) is 11.5 Å². The highest BCUT2D eigenvalue weighted by atomic mass is 19.3. The summed E-state index contributed by atoms with van der Waals surface area (Å²) < 4.78 is 34.3. The number of nitrogens with zero attached hydrogens (tertiary/aromatic N) is 1. The molecule has 24 heavy (non-hydrogen) atoms. The molecule has 5 nitrogen and oxygen atoms in total. The Morgan fingerprint density at radius 3 is 2.79 bits per heavy atom. The monoisotopic (exact) mass is 334 g/mol. The Bertz CT molecular complexity index is 720. The smallest absolute Gasteiger partial charge is 0.387 e. The summed E-state index contributed by atoms with van der Waals surface area (Å²) >= 11 is 0. The van der Waals surface area contributed by atoms with Crippen molar-refractivity contribution in [3.8, 4) is 11.5 Å². The second-order valence-electron chi connectivity index (χ2n) is 4.81. The van der Waals surface area contributed by atoms with Crippen LogP contribution in [0.25, 0.3) is 0 Å². The Morgan fingerprint density at radius 1 is 1.25 bits per heavy atom. The third-order valence-corrected chi connectivity index (χ3v) is 2.89. The van der Waals surface area contributed by atoms with Crippen LogP contribution in [0.3, 0.4) is 0 Å². The van der Waals surface area contributed by atoms with Crippen LogP contribution in [-0.2, 0) is 4.79 Å². The van der Waals surface area contributed by atoms with E-state index >= 15 is 0 Å². The van der Waals surface area contributed by atoms with Crippen molar-refractivity contribution in [3.05, 3.63) is 59.7 Å². The highest BCUT2D eigenvalue weighted by Gasteiger charge is 2.07. The van der Waals surface area contributed by atoms with Gasteiger partial charge in [-0.05, 0) is 36.8 Å². The molecule has 1 N–H and O–H groups in total. The molecule has 0 fully saturated rings. The van der Waals surface area contributed by atoms with Gasteiger partial charge in [-0.15, -0.1) is 0 Å². The fourth-order valence-electron chi connectivity index (χ4n) is 1.85. The molecule has 0 spiro atoms. The van der Waals surface area contributed by atoms with Crippen molar-refractivity contribution >= 4 is 12.1 Å². The summed E-state index contributed by atoms with van der Waals surface area (Å²) in [5, 5.41) is 3.71. The van der Waals surface area contributed by atoms with Crippen LogP contribution in [-0.4, -0.2) is 25.3 Å². The van der Waals surface area contributed by atoms with Gasteiger partial charge in [0.2, 0.25) is 0 Å². The number of carbonyl (C=O) groups excluding carboxylic acids is 1. The van der Waals surface area contributed by atoms with Crippen molar-refractivity contribution < 1.29 is 23.0 Å². The summed E-state index contributed by atoms with van der Waals surface area (Å²) in [5.41, 5.74) is 3.59. The second-order valence-corrected chi connectivity index (χ2v) is 4.81. The van der Waals surface area contributed by atoms with Crippen LogP contribution in [0.4, 0.5) is 8.78 Å². The minimum absolute atomic E-state index is 0.0264. The van der Waals surface area contributed by atoms with Crippen molar-refractivity contribution in [3.63, 3.8) is 0 Å². The molecule has 0 aliphatic heterocycles. The predicted molar refractivity (Wildman–Crippen MR) is 85.5 cm³/mol. The highest BCUT2D eigenvalue weighted by Crippen LogP contribution is 2.18. The van der Waals surface area contributed by atoms with E-state index in [1.54, 1.807) is 24.3 Å². The third kappa shape index (κ3) is 5.68. The number of hydrogen-bond donors (Lipinski definition) is 1. The number of alkyl halides is 2. The lowest BCUT2D eigenvalue weighted by molar-refractivity contribution is -0.123. The van der Waals surface area contributed by atoms with Crippen LogP contribution >= 0.6 is 0 Å². The molecule has 0 saturated carbocycles. The third-order valence-electron chi connectivity index (χ3n) is 2.89. The number of nitrogens with one attached hydrogen (secondary N) is 1. The standard InChI is InChI=1S/C17H16F2N2O3/c1-12-5-4-7-14(9-12)23-11-16(22)21-20-10-13-6-2-3-8-15(13)24-17(18)19/h2-10,17H,11H2,1H3,(H,21,22)/b20-10-. The van der Waals surface area contributed by atoms with Gasteiger partial charge in [0.15, 0.2) is 6.61 Å². The number of rotatable bonds is 7. The summed E-state index contributed by atoms with van der Waals surface area (Å²) in [5.74, 6) is 0.0753. The van der Waals surface area contributed by atoms with Gasteiger partial charge in [-0.3, -0.25) is 4.79 Å². The number of amides is 1. The van der Waals surface area contributed by atoms with Crippen LogP contribution in [0.15, 0.2) is 53.6 Å². The first-order valence-corrected chi connectivity index (χ1v) is 7.10. The quantitative estimate of drug-likeness (QED) is 0.625. The van der Waals surface area contributed by atoms with E-state index in [2.05, 4.69) is 15.3 Å². The van der Waals surface area contributed by atoms with Crippen LogP contribution in [0.2, 0.25) is 0 Å². The Balaban J connectivity index is 1.86. The lowest BCUT2D eigenvalue weighted by atomic mass is 10.2. The fraction of sp³-hybridized carbons (Fsp3) is 0.176. The van der Waals surface area contributed by atoms with E-state index in [4.69, 9.17) is 4.74 Å². The summed E-state index contributed by atoms with van der Waals surface area (Å²) in [6.07, 6.45) is 1.22. The van der Waals surface area contributed by atoms with Gasteiger partial charge in [0.05, 0.1) is 6.21 Å². The molecule has 0 heterocycles. The average Bonchev–Trinajstić information content (AvgIpc) is 2.54. The van der Waals surface area contributed by atoms with Crippen molar-refractivity contribution in [1.29, 1.82) is 0 Å². The largest absolute Gasteiger partial charge is 0.484 e. The van der Waals surface area contributed by atoms with Crippen LogP contribution in [0.1, 0.15) is 11.1 Å². The van der Waals surface area contributed by atoms with Crippen molar-refractivity contribution in [2.45, 2.75) is 13.5 Å². The predicted octanol–water partition coefficient (Wildman–Crippen LogP) is 3.13. The molecule has 0 aliphatic rings. The number of para-hydroxylation sites is 1. The fourth-order valence-corrected chi connectivity index (χ4v) is 1.85. The van der Waals surface area contributed by atoms with E-state index in [0.717, 1.165) is 5.56 Å². The number of hydrazone groups is 1. The molecule has 0 aliphatic carbocycles. The zero-order valence-electron chi connectivity index (χ0n) is 12.9. The van der Waals surface area contributed by atoms with Gasteiger partial charge in [-0.1, -0.05) is 24.3 Å². The molecule has 2 aromatic carbocycles. The van der Waals surface area contributed by atoms with E-state index in [1.807, 2.05) is 19.1 Å². The van der Waals surface area contributed by atoms with E-state index in [1.165, 1.54) is 18.3 Å². The summed E-state index contributed by atoms with van der Waals surface area (Å²) in [7, 11) is 0. The lowest BCUT2D eigenvalue weighted by Crippen LogP contribution is -2.24. The van der Waals surface area contributed by atoms with E-state index in [0.29, 0.717) is 11.3 Å². The van der Waals surface area contributed by atoms with Crippen LogP contribution < -0.4 is 14.9 Å². The summed E-state index contributed by atoms with van der Waals surface area (Å²) in [6.45, 7) is -1.23. The van der Waals surface area contributed by atoms with E-state index in [-0.39, 0.29) is 12.4 Å². The maximum absolute atomic E-state index is 12.3. The van der Waals surface area contributed by atoms with E-state index in [9.17, 15) is 13.6 Å². The number of halogens is 2. The number of hydrogen-bond acceptors (Lipinski definition) is 4. The zero-order chi connectivity index (χ0) is 17.4. The SMILES string of the molecule is Cc1cccc(OCC(=O)N/N=C\c2ccccc2OC(F)F)c1. The molecule has 0 saturated heterocycles. The maximum Gasteiger partial charge on any atom is 0.387 e. The first kappa shape index (κ1) is 17.4. The molecule has 1 amide bonds. The Hall–Kier alpha value is -2.96. The molecular formula is C17H16F2N2O3. The van der Waals surface area contributed by atoms with Crippen molar-refractivity contribution in [1.82, 2.24) is 5.43 Å². The number of ether oxygens (including phenoxy) is 2. The normalized spacial score (nSPS) is 10.8. The van der Waals surface area contributed by atoms with Crippen LogP contribution in [0, 0.1) is 6.92 Å². The second kappa shape index (κ2) is 8.61. The molecule has 0 aromatic heterocycles. The minimum Gasteiger partial charge on any atom is -0.484 e. The number of aryl methyl sites for hydroxylation is 1. The van der Waals surface area contributed by atoms with Gasteiger partial charge >= 0.3 is 6.61 Å². The Morgan fingerprint density at radius 2 is 2.04 bits per heavy atom. The first-order valence-electron chi connectivity index (χ1n) is 7.10. The highest BCUT2D eigenvalue weighted by molar-refractivity contribution is 5.85. The van der Waals surface area contributed by atoms with Crippen molar-refractivity contribution in [2.24, 2.45) is 5.10 Å². The molecule has 2 aromatic rings. The molecule has 0 radical (unpaired) electrons. The molecule has 2 rings (SSSR count). The minimum atomic E-state index is -2.93. The number of benzene rings is 2. The molecule has 126 valence electrons. The molecule has 0 bridgehead atoms. The maximum atomic E-state index is 12.3. The first-order chi connectivity index (χ1) is 11.5. The Labute approximate surface area is 137 Å². The molecule has 0 unspecified atom stereocenters. The van der Waals surface area contributed by atoms with Crippen molar-refractivity contribution in [2.75, 3.05) is 6.61 Å². The van der Waals surface area contributed by atoms with Gasteiger partial charge in [-0.2, -0.15) is 13.9 Å². The zero-order valence-corrected chi connectivity index (χ0v) is 12.9. The number of carbonyl (C=O) groups is 1. The Kier molecular flexibility index (Phi) is 6.24. The molecular weight excluding hydrogens is 318 g/mol. The van der Waals surface area contributed by atoms with Gasteiger partial charge in [0.25, 0.3) is 5.91 Å². The summed E-state index contributed by atoms with van der Waals surface area (Å²) in [4.78, 5) is 11.7. The average molecular weight is 334 g/mol. The van der Waals surface area contributed by atoms with Crippen LogP contribution in [0.5, 0.6) is 11.5 Å². The van der Waals surface area contributed by atoms with Gasteiger partial charge < -0.3 is 9.47 Å².